The van der Waals surface area contributed by atoms with Gasteiger partial charge < -0.3 is 14.1 Å². The van der Waals surface area contributed by atoms with Crippen LogP contribution in [-0.2, 0) is 20.9 Å². The normalized spacial score (nSPS) is 15.9. The fourth-order valence-corrected chi connectivity index (χ4v) is 3.41. The van der Waals surface area contributed by atoms with Gasteiger partial charge in [-0.3, -0.25) is 14.4 Å². The van der Waals surface area contributed by atoms with Gasteiger partial charge in [-0.05, 0) is 48.5 Å². The molecule has 1 unspecified atom stereocenters. The number of nitrogens with zero attached hydrogens (tertiary/aromatic N) is 2. The van der Waals surface area contributed by atoms with Crippen molar-refractivity contribution in [1.29, 1.82) is 0 Å². The topological polar surface area (TPSA) is 80.1 Å². The number of furan rings is 1. The molecule has 158 valence electrons. The summed E-state index contributed by atoms with van der Waals surface area (Å²) in [7, 11) is 0. The van der Waals surface area contributed by atoms with Crippen LogP contribution < -0.4 is 9.64 Å². The molecule has 3 amide bonds. The van der Waals surface area contributed by atoms with Gasteiger partial charge in [0.1, 0.15) is 23.4 Å². The molecule has 1 aliphatic rings. The lowest BCUT2D eigenvalue weighted by Crippen LogP contribution is -2.46. The third kappa shape index (κ3) is 4.48. The first-order valence-electron chi connectivity index (χ1n) is 9.65. The van der Waals surface area contributed by atoms with Crippen LogP contribution in [0.4, 0.5) is 10.1 Å². The van der Waals surface area contributed by atoms with E-state index in [0.29, 0.717) is 11.5 Å². The molecule has 0 spiro atoms. The Hall–Kier alpha value is -3.94. The van der Waals surface area contributed by atoms with Crippen molar-refractivity contribution in [2.24, 2.45) is 0 Å². The third-order valence-corrected chi connectivity index (χ3v) is 4.92. The van der Waals surface area contributed by atoms with Crippen LogP contribution in [0.1, 0.15) is 12.2 Å². The van der Waals surface area contributed by atoms with Crippen LogP contribution in [0.15, 0.2) is 77.4 Å². The molecule has 0 N–H and O–H groups in total. The molecule has 0 aliphatic carbocycles. The number of hydrogen-bond acceptors (Lipinski definition) is 5. The maximum absolute atomic E-state index is 13.2. The van der Waals surface area contributed by atoms with Crippen molar-refractivity contribution >= 4 is 23.4 Å². The van der Waals surface area contributed by atoms with Crippen molar-refractivity contribution < 1.29 is 27.9 Å². The molecule has 1 atom stereocenters. The van der Waals surface area contributed by atoms with Crippen LogP contribution in [0, 0.1) is 5.82 Å². The molecular weight excluding hydrogens is 403 g/mol. The summed E-state index contributed by atoms with van der Waals surface area (Å²) in [5.74, 6) is -0.998. The van der Waals surface area contributed by atoms with E-state index < -0.39 is 29.6 Å². The van der Waals surface area contributed by atoms with Crippen LogP contribution in [0.25, 0.3) is 0 Å². The van der Waals surface area contributed by atoms with Crippen LogP contribution in [-0.4, -0.2) is 35.3 Å². The first-order chi connectivity index (χ1) is 15.0. The van der Waals surface area contributed by atoms with E-state index in [1.54, 1.807) is 36.4 Å². The Morgan fingerprint density at radius 2 is 1.81 bits per heavy atom. The van der Waals surface area contributed by atoms with E-state index in [-0.39, 0.29) is 25.3 Å². The second-order valence-corrected chi connectivity index (χ2v) is 6.97. The van der Waals surface area contributed by atoms with Gasteiger partial charge in [-0.1, -0.05) is 18.2 Å². The van der Waals surface area contributed by atoms with E-state index in [4.69, 9.17) is 9.15 Å². The van der Waals surface area contributed by atoms with E-state index >= 15 is 0 Å². The Bertz CT molecular complexity index is 1070. The summed E-state index contributed by atoms with van der Waals surface area (Å²) in [6, 6.07) is 16.2. The number of hydrogen-bond donors (Lipinski definition) is 0. The highest BCUT2D eigenvalue weighted by Crippen LogP contribution is 2.27. The number of imide groups is 1. The number of carbonyl (C=O) groups excluding carboxylic acids is 3. The lowest BCUT2D eigenvalue weighted by Gasteiger charge is -2.27. The standard InChI is InChI=1S/C23H19FN2O5/c24-16-8-10-17(11-9-16)26-21(27)13-20(23(26)29)25(14-19-7-4-12-30-19)22(28)15-31-18-5-2-1-3-6-18/h1-12,20H,13-15H2. The number of anilines is 1. The van der Waals surface area contributed by atoms with Crippen molar-refractivity contribution in [1.82, 2.24) is 4.90 Å². The summed E-state index contributed by atoms with van der Waals surface area (Å²) in [5, 5.41) is 0. The molecule has 4 rings (SSSR count). The molecule has 2 heterocycles. The van der Waals surface area contributed by atoms with Gasteiger partial charge >= 0.3 is 0 Å². The summed E-state index contributed by atoms with van der Waals surface area (Å²) in [5.41, 5.74) is 0.254. The fraction of sp³-hybridized carbons (Fsp3) is 0.174. The number of benzene rings is 2. The van der Waals surface area contributed by atoms with Crippen LogP contribution in [0.5, 0.6) is 5.75 Å². The Labute approximate surface area is 177 Å². The molecule has 31 heavy (non-hydrogen) atoms. The van der Waals surface area contributed by atoms with Gasteiger partial charge in [0.05, 0.1) is 24.9 Å². The number of ether oxygens (including phenoxy) is 1. The first kappa shape index (κ1) is 20.3. The average molecular weight is 422 g/mol. The zero-order valence-electron chi connectivity index (χ0n) is 16.4. The molecule has 1 aromatic heterocycles. The molecule has 7 nitrogen and oxygen atoms in total. The van der Waals surface area contributed by atoms with Gasteiger partial charge in [-0.25, -0.2) is 9.29 Å². The number of amides is 3. The molecule has 1 fully saturated rings. The minimum absolute atomic E-state index is 0.00489. The van der Waals surface area contributed by atoms with Gasteiger partial charge in [0.2, 0.25) is 5.91 Å². The van der Waals surface area contributed by atoms with E-state index in [1.807, 2.05) is 6.07 Å². The predicted molar refractivity (Wildman–Crippen MR) is 108 cm³/mol. The SMILES string of the molecule is O=C1CC(N(Cc2ccco2)C(=O)COc2ccccc2)C(=O)N1c1ccc(F)cc1. The predicted octanol–water partition coefficient (Wildman–Crippen LogP) is 3.16. The van der Waals surface area contributed by atoms with Crippen LogP contribution in [0.3, 0.4) is 0 Å². The molecule has 1 aliphatic heterocycles. The Balaban J connectivity index is 1.55. The van der Waals surface area contributed by atoms with Crippen molar-refractivity contribution in [2.45, 2.75) is 19.0 Å². The van der Waals surface area contributed by atoms with Gasteiger partial charge in [0.25, 0.3) is 11.8 Å². The zero-order chi connectivity index (χ0) is 21.8. The molecule has 1 saturated heterocycles. The highest BCUT2D eigenvalue weighted by atomic mass is 19.1. The largest absolute Gasteiger partial charge is 0.484 e. The lowest BCUT2D eigenvalue weighted by molar-refractivity contribution is -0.141. The Morgan fingerprint density at radius 1 is 1.06 bits per heavy atom. The smallest absolute Gasteiger partial charge is 0.261 e. The average Bonchev–Trinajstić information content (AvgIpc) is 3.39. The summed E-state index contributed by atoms with van der Waals surface area (Å²) < 4.78 is 24.1. The van der Waals surface area contributed by atoms with Crippen molar-refractivity contribution in [2.75, 3.05) is 11.5 Å². The van der Waals surface area contributed by atoms with Gasteiger partial charge in [0, 0.05) is 0 Å². The highest BCUT2D eigenvalue weighted by molar-refractivity contribution is 6.23. The Kier molecular flexibility index (Phi) is 5.79. The van der Waals surface area contributed by atoms with E-state index in [1.165, 1.54) is 35.4 Å². The maximum atomic E-state index is 13.2. The van der Waals surface area contributed by atoms with Gasteiger partial charge in [-0.2, -0.15) is 0 Å². The van der Waals surface area contributed by atoms with Crippen LogP contribution in [0.2, 0.25) is 0 Å². The summed E-state index contributed by atoms with van der Waals surface area (Å²) in [6.45, 7) is -0.301. The second kappa shape index (κ2) is 8.83. The number of carbonyl (C=O) groups is 3. The summed E-state index contributed by atoms with van der Waals surface area (Å²) in [4.78, 5) is 41.0. The molecular formula is C23H19FN2O5. The first-order valence-corrected chi connectivity index (χ1v) is 9.65. The minimum Gasteiger partial charge on any atom is -0.484 e. The number of para-hydroxylation sites is 1. The molecule has 8 heteroatoms. The maximum Gasteiger partial charge on any atom is 0.261 e. The van der Waals surface area contributed by atoms with Crippen LogP contribution >= 0.6 is 0 Å². The van der Waals surface area contributed by atoms with Crippen molar-refractivity contribution in [3.8, 4) is 5.75 Å². The van der Waals surface area contributed by atoms with E-state index in [0.717, 1.165) is 4.90 Å². The van der Waals surface area contributed by atoms with Gasteiger partial charge in [0.15, 0.2) is 6.61 Å². The van der Waals surface area contributed by atoms with Gasteiger partial charge in [-0.15, -0.1) is 0 Å². The number of rotatable bonds is 7. The summed E-state index contributed by atoms with van der Waals surface area (Å²) in [6.07, 6.45) is 1.28. The van der Waals surface area contributed by atoms with Crippen molar-refractivity contribution in [3.05, 3.63) is 84.6 Å². The molecule has 2 aromatic carbocycles. The van der Waals surface area contributed by atoms with E-state index in [2.05, 4.69) is 0 Å². The third-order valence-electron chi connectivity index (χ3n) is 4.92. The minimum atomic E-state index is -1.02. The molecule has 0 radical (unpaired) electrons. The van der Waals surface area contributed by atoms with E-state index in [9.17, 15) is 18.8 Å². The number of halogens is 1. The lowest BCUT2D eigenvalue weighted by atomic mass is 10.2. The molecule has 0 bridgehead atoms. The zero-order valence-corrected chi connectivity index (χ0v) is 16.4. The fourth-order valence-electron chi connectivity index (χ4n) is 3.41. The molecule has 3 aromatic rings. The second-order valence-electron chi connectivity index (χ2n) is 6.97. The highest BCUT2D eigenvalue weighted by Gasteiger charge is 2.44. The molecule has 0 saturated carbocycles. The van der Waals surface area contributed by atoms with Crippen molar-refractivity contribution in [3.63, 3.8) is 0 Å². The summed E-state index contributed by atoms with van der Waals surface area (Å²) >= 11 is 0. The Morgan fingerprint density at radius 3 is 2.48 bits per heavy atom. The quantitative estimate of drug-likeness (QED) is 0.547. The monoisotopic (exact) mass is 422 g/mol.